The maximum atomic E-state index is 4.35. The Morgan fingerprint density at radius 1 is 1.25 bits per heavy atom. The number of hydrogen-bond donors (Lipinski definition) is 1. The van der Waals surface area contributed by atoms with Gasteiger partial charge in [0.15, 0.2) is 0 Å². The zero-order chi connectivity index (χ0) is 11.4. The summed E-state index contributed by atoms with van der Waals surface area (Å²) in [5.41, 5.74) is 3.04. The van der Waals surface area contributed by atoms with E-state index in [1.54, 1.807) is 6.20 Å². The lowest BCUT2D eigenvalue weighted by molar-refractivity contribution is 1.02. The second kappa shape index (κ2) is 5.07. The zero-order valence-corrected chi connectivity index (χ0v) is 10.5. The summed E-state index contributed by atoms with van der Waals surface area (Å²) in [5.74, 6) is 0. The number of anilines is 1. The molecule has 0 radical (unpaired) electrons. The van der Waals surface area contributed by atoms with E-state index in [9.17, 15) is 0 Å². The van der Waals surface area contributed by atoms with Crippen molar-refractivity contribution in [1.82, 2.24) is 9.97 Å². The molecule has 3 nitrogen and oxygen atoms in total. The average molecular weight is 278 g/mol. The molecule has 0 bridgehead atoms. The lowest BCUT2D eigenvalue weighted by atomic mass is 10.3. The van der Waals surface area contributed by atoms with Crippen LogP contribution in [0.2, 0.25) is 0 Å². The van der Waals surface area contributed by atoms with Crippen LogP contribution < -0.4 is 5.32 Å². The number of nitrogens with one attached hydrogen (secondary N) is 1. The van der Waals surface area contributed by atoms with Gasteiger partial charge in [-0.1, -0.05) is 6.07 Å². The SMILES string of the molecule is Cc1ncccc1NCc1cccc(Br)n1. The van der Waals surface area contributed by atoms with Crippen molar-refractivity contribution < 1.29 is 0 Å². The second-order valence-corrected chi connectivity index (χ2v) is 4.25. The molecule has 2 heterocycles. The molecule has 1 N–H and O–H groups in total. The van der Waals surface area contributed by atoms with Crippen molar-refractivity contribution in [1.29, 1.82) is 0 Å². The summed E-state index contributed by atoms with van der Waals surface area (Å²) < 4.78 is 0.856. The summed E-state index contributed by atoms with van der Waals surface area (Å²) in [6.45, 7) is 2.68. The third-order valence-electron chi connectivity index (χ3n) is 2.24. The zero-order valence-electron chi connectivity index (χ0n) is 8.94. The molecule has 0 aliphatic heterocycles. The normalized spacial score (nSPS) is 10.1. The largest absolute Gasteiger partial charge is 0.378 e. The number of aryl methyl sites for hydroxylation is 1. The number of aromatic nitrogens is 2. The first-order valence-corrected chi connectivity index (χ1v) is 5.82. The first kappa shape index (κ1) is 11.1. The lowest BCUT2D eigenvalue weighted by Gasteiger charge is -2.07. The van der Waals surface area contributed by atoms with Gasteiger partial charge in [0.25, 0.3) is 0 Å². The Labute approximate surface area is 103 Å². The Bertz CT molecular complexity index is 485. The molecule has 2 aromatic heterocycles. The van der Waals surface area contributed by atoms with Crippen LogP contribution in [0.15, 0.2) is 41.1 Å². The highest BCUT2D eigenvalue weighted by Gasteiger charge is 1.99. The van der Waals surface area contributed by atoms with E-state index in [2.05, 4.69) is 31.2 Å². The van der Waals surface area contributed by atoms with E-state index in [1.165, 1.54) is 0 Å². The van der Waals surface area contributed by atoms with Gasteiger partial charge in [-0.3, -0.25) is 4.98 Å². The Hall–Kier alpha value is -1.42. The van der Waals surface area contributed by atoms with Gasteiger partial charge in [-0.2, -0.15) is 0 Å². The van der Waals surface area contributed by atoms with Crippen LogP contribution in [-0.2, 0) is 6.54 Å². The molecule has 0 saturated heterocycles. The van der Waals surface area contributed by atoms with Crippen LogP contribution in [0.3, 0.4) is 0 Å². The van der Waals surface area contributed by atoms with Crippen LogP contribution in [0.25, 0.3) is 0 Å². The first-order chi connectivity index (χ1) is 7.75. The molecule has 2 rings (SSSR count). The van der Waals surface area contributed by atoms with Gasteiger partial charge in [0.1, 0.15) is 4.60 Å². The van der Waals surface area contributed by atoms with Crippen LogP contribution in [0, 0.1) is 6.92 Å². The molecule has 0 fully saturated rings. The molecule has 0 spiro atoms. The van der Waals surface area contributed by atoms with E-state index >= 15 is 0 Å². The summed E-state index contributed by atoms with van der Waals surface area (Å²) in [7, 11) is 0. The van der Waals surface area contributed by atoms with Gasteiger partial charge in [0.2, 0.25) is 0 Å². The minimum absolute atomic E-state index is 0.700. The fourth-order valence-corrected chi connectivity index (χ4v) is 1.79. The molecule has 0 aliphatic carbocycles. The summed E-state index contributed by atoms with van der Waals surface area (Å²) in [5, 5.41) is 3.31. The smallest absolute Gasteiger partial charge is 0.106 e. The third kappa shape index (κ3) is 2.79. The average Bonchev–Trinajstić information content (AvgIpc) is 2.28. The predicted octanol–water partition coefficient (Wildman–Crippen LogP) is 3.16. The predicted molar refractivity (Wildman–Crippen MR) is 68.2 cm³/mol. The van der Waals surface area contributed by atoms with Gasteiger partial charge in [0.05, 0.1) is 23.6 Å². The number of hydrogen-bond acceptors (Lipinski definition) is 3. The van der Waals surface area contributed by atoms with Gasteiger partial charge in [-0.25, -0.2) is 4.98 Å². The van der Waals surface area contributed by atoms with Crippen LogP contribution in [-0.4, -0.2) is 9.97 Å². The Morgan fingerprint density at radius 2 is 2.12 bits per heavy atom. The Morgan fingerprint density at radius 3 is 2.88 bits per heavy atom. The quantitative estimate of drug-likeness (QED) is 0.876. The summed E-state index contributed by atoms with van der Waals surface area (Å²) in [4.78, 5) is 8.57. The van der Waals surface area contributed by atoms with Gasteiger partial charge in [0, 0.05) is 6.20 Å². The summed E-state index contributed by atoms with van der Waals surface area (Å²) in [6, 6.07) is 9.82. The molecule has 2 aromatic rings. The number of pyridine rings is 2. The molecule has 0 saturated carbocycles. The van der Waals surface area contributed by atoms with Crippen molar-refractivity contribution in [3.8, 4) is 0 Å². The van der Waals surface area contributed by atoms with Crippen LogP contribution in [0.5, 0.6) is 0 Å². The molecule has 82 valence electrons. The minimum atomic E-state index is 0.700. The van der Waals surface area contributed by atoms with E-state index < -0.39 is 0 Å². The Kier molecular flexibility index (Phi) is 3.51. The molecular weight excluding hydrogens is 266 g/mol. The van der Waals surface area contributed by atoms with Crippen molar-refractivity contribution >= 4 is 21.6 Å². The van der Waals surface area contributed by atoms with E-state index in [1.807, 2.05) is 37.3 Å². The van der Waals surface area contributed by atoms with E-state index in [0.717, 1.165) is 21.7 Å². The first-order valence-electron chi connectivity index (χ1n) is 5.02. The van der Waals surface area contributed by atoms with Crippen molar-refractivity contribution in [2.75, 3.05) is 5.32 Å². The summed E-state index contributed by atoms with van der Waals surface area (Å²) >= 11 is 3.35. The van der Waals surface area contributed by atoms with Crippen molar-refractivity contribution in [3.05, 3.63) is 52.5 Å². The standard InChI is InChI=1S/C12H12BrN3/c1-9-11(5-3-7-14-9)15-8-10-4-2-6-12(13)16-10/h2-7,15H,8H2,1H3. The van der Waals surface area contributed by atoms with Gasteiger partial charge < -0.3 is 5.32 Å². The molecular formula is C12H12BrN3. The highest BCUT2D eigenvalue weighted by Crippen LogP contribution is 2.12. The van der Waals surface area contributed by atoms with Gasteiger partial charge >= 0.3 is 0 Å². The molecule has 0 aromatic carbocycles. The highest BCUT2D eigenvalue weighted by molar-refractivity contribution is 9.10. The maximum absolute atomic E-state index is 4.35. The molecule has 4 heteroatoms. The molecule has 0 unspecified atom stereocenters. The monoisotopic (exact) mass is 277 g/mol. The minimum Gasteiger partial charge on any atom is -0.378 e. The second-order valence-electron chi connectivity index (χ2n) is 3.44. The molecule has 0 atom stereocenters. The molecule has 16 heavy (non-hydrogen) atoms. The fraction of sp³-hybridized carbons (Fsp3) is 0.167. The van der Waals surface area contributed by atoms with E-state index in [4.69, 9.17) is 0 Å². The van der Waals surface area contributed by atoms with Crippen LogP contribution >= 0.6 is 15.9 Å². The van der Waals surface area contributed by atoms with Crippen LogP contribution in [0.1, 0.15) is 11.4 Å². The number of halogens is 1. The van der Waals surface area contributed by atoms with Crippen molar-refractivity contribution in [2.24, 2.45) is 0 Å². The van der Waals surface area contributed by atoms with E-state index in [0.29, 0.717) is 6.54 Å². The fourth-order valence-electron chi connectivity index (χ4n) is 1.41. The van der Waals surface area contributed by atoms with E-state index in [-0.39, 0.29) is 0 Å². The van der Waals surface area contributed by atoms with Crippen molar-refractivity contribution in [3.63, 3.8) is 0 Å². The lowest BCUT2D eigenvalue weighted by Crippen LogP contribution is -2.03. The van der Waals surface area contributed by atoms with Crippen molar-refractivity contribution in [2.45, 2.75) is 13.5 Å². The van der Waals surface area contributed by atoms with Gasteiger partial charge in [-0.05, 0) is 47.1 Å². The van der Waals surface area contributed by atoms with Crippen LogP contribution in [0.4, 0.5) is 5.69 Å². The third-order valence-corrected chi connectivity index (χ3v) is 2.68. The number of nitrogens with zero attached hydrogens (tertiary/aromatic N) is 2. The number of rotatable bonds is 3. The highest BCUT2D eigenvalue weighted by atomic mass is 79.9. The maximum Gasteiger partial charge on any atom is 0.106 e. The molecule has 0 amide bonds. The van der Waals surface area contributed by atoms with Gasteiger partial charge in [-0.15, -0.1) is 0 Å². The Balaban J connectivity index is 2.05. The molecule has 0 aliphatic rings. The summed E-state index contributed by atoms with van der Waals surface area (Å²) in [6.07, 6.45) is 1.79. The topological polar surface area (TPSA) is 37.8 Å².